The molecule has 120 valence electrons. The molecule has 1 heterocycles. The average Bonchev–Trinajstić information content (AvgIpc) is 2.55. The van der Waals surface area contributed by atoms with Crippen LogP contribution in [0.1, 0.15) is 48.2 Å². The summed E-state index contributed by atoms with van der Waals surface area (Å²) in [5.74, 6) is 0.336. The number of hydrogen-bond acceptors (Lipinski definition) is 2. The van der Waals surface area contributed by atoms with Gasteiger partial charge in [-0.3, -0.25) is 4.79 Å². The number of rotatable bonds is 2. The van der Waals surface area contributed by atoms with Gasteiger partial charge in [0.15, 0.2) is 0 Å². The summed E-state index contributed by atoms with van der Waals surface area (Å²) in [5.41, 5.74) is 4.95. The van der Waals surface area contributed by atoms with Crippen LogP contribution in [0.15, 0.2) is 48.5 Å². The second-order valence-corrected chi connectivity index (χ2v) is 6.81. The Hall–Kier alpha value is -1.93. The molecule has 0 spiro atoms. The molecule has 1 aliphatic rings. The normalized spacial score (nSPS) is 27.9. The molecule has 1 fully saturated rings. The van der Waals surface area contributed by atoms with E-state index in [2.05, 4.69) is 81.5 Å². The predicted molar refractivity (Wildman–Crippen MR) is 94.3 cm³/mol. The first-order chi connectivity index (χ1) is 11.0. The van der Waals surface area contributed by atoms with Gasteiger partial charge >= 0.3 is 0 Å². The molecule has 1 N–H and O–H groups in total. The molecule has 1 aliphatic heterocycles. The number of hydrogen-bond donors (Lipinski definition) is 1. The van der Waals surface area contributed by atoms with Crippen molar-refractivity contribution in [3.8, 4) is 0 Å². The van der Waals surface area contributed by atoms with E-state index in [-0.39, 0.29) is 23.9 Å². The first-order valence-corrected chi connectivity index (χ1v) is 8.41. The van der Waals surface area contributed by atoms with Gasteiger partial charge in [-0.2, -0.15) is 0 Å². The first-order valence-electron chi connectivity index (χ1n) is 8.41. The lowest BCUT2D eigenvalue weighted by atomic mass is 9.75. The molecule has 3 rings (SSSR count). The molecular formula is C21H25NO. The summed E-state index contributed by atoms with van der Waals surface area (Å²) in [6.07, 6.45) is 0. The number of Topliss-reactive ketones (excluding diaryl/α,β-unsaturated/α-hetero) is 1. The lowest BCUT2D eigenvalue weighted by Crippen LogP contribution is -2.46. The third-order valence-corrected chi connectivity index (χ3v) is 5.30. The topological polar surface area (TPSA) is 29.1 Å². The van der Waals surface area contributed by atoms with Gasteiger partial charge in [-0.05, 0) is 36.1 Å². The maximum absolute atomic E-state index is 12.9. The van der Waals surface area contributed by atoms with E-state index in [4.69, 9.17) is 0 Å². The van der Waals surface area contributed by atoms with Crippen molar-refractivity contribution >= 4 is 5.78 Å². The van der Waals surface area contributed by atoms with Crippen molar-refractivity contribution < 1.29 is 4.79 Å². The van der Waals surface area contributed by atoms with Crippen LogP contribution in [-0.4, -0.2) is 5.78 Å². The second-order valence-electron chi connectivity index (χ2n) is 6.81. The Kier molecular flexibility index (Phi) is 4.36. The maximum Gasteiger partial charge on any atom is 0.142 e. The van der Waals surface area contributed by atoms with Crippen molar-refractivity contribution in [1.82, 2.24) is 5.32 Å². The highest BCUT2D eigenvalue weighted by molar-refractivity contribution is 5.85. The number of aryl methyl sites for hydroxylation is 2. The van der Waals surface area contributed by atoms with E-state index in [0.29, 0.717) is 5.78 Å². The second kappa shape index (κ2) is 6.29. The lowest BCUT2D eigenvalue weighted by Gasteiger charge is -2.40. The molecule has 23 heavy (non-hydrogen) atoms. The van der Waals surface area contributed by atoms with Crippen LogP contribution >= 0.6 is 0 Å². The maximum atomic E-state index is 12.9. The zero-order valence-corrected chi connectivity index (χ0v) is 14.3. The largest absolute Gasteiger partial charge is 0.302 e. The highest BCUT2D eigenvalue weighted by atomic mass is 16.1. The first kappa shape index (κ1) is 15.9. The van der Waals surface area contributed by atoms with E-state index in [1.54, 1.807) is 0 Å². The predicted octanol–water partition coefficient (Wildman–Crippen LogP) is 4.53. The van der Waals surface area contributed by atoms with Gasteiger partial charge in [0.25, 0.3) is 0 Å². The van der Waals surface area contributed by atoms with Gasteiger partial charge in [-0.25, -0.2) is 0 Å². The molecule has 0 amide bonds. The summed E-state index contributed by atoms with van der Waals surface area (Å²) >= 11 is 0. The molecule has 0 aliphatic carbocycles. The molecular weight excluding hydrogens is 282 g/mol. The Bertz CT molecular complexity index is 662. The number of carbonyl (C=O) groups excluding carboxylic acids is 1. The fourth-order valence-corrected chi connectivity index (χ4v) is 3.82. The van der Waals surface area contributed by atoms with E-state index < -0.39 is 0 Å². The van der Waals surface area contributed by atoms with Gasteiger partial charge in [0, 0.05) is 23.9 Å². The molecule has 0 bridgehead atoms. The van der Waals surface area contributed by atoms with Crippen LogP contribution in [-0.2, 0) is 4.79 Å². The third-order valence-electron chi connectivity index (χ3n) is 5.30. The molecule has 4 atom stereocenters. The zero-order chi connectivity index (χ0) is 16.6. The fraction of sp³-hybridized carbons (Fsp3) is 0.381. The minimum Gasteiger partial charge on any atom is -0.302 e. The monoisotopic (exact) mass is 307 g/mol. The fourth-order valence-electron chi connectivity index (χ4n) is 3.82. The van der Waals surface area contributed by atoms with Crippen molar-refractivity contribution in [2.45, 2.75) is 39.8 Å². The number of piperidine rings is 1. The lowest BCUT2D eigenvalue weighted by molar-refractivity contribution is -0.130. The molecule has 1 saturated heterocycles. The quantitative estimate of drug-likeness (QED) is 0.883. The molecule has 0 aromatic heterocycles. The van der Waals surface area contributed by atoms with Gasteiger partial charge in [-0.1, -0.05) is 62.4 Å². The summed E-state index contributed by atoms with van der Waals surface area (Å²) in [6, 6.07) is 16.9. The Balaban J connectivity index is 2.02. The number of ketones is 1. The molecule has 2 aromatic rings. The van der Waals surface area contributed by atoms with Crippen LogP contribution < -0.4 is 5.32 Å². The Labute approximate surface area is 138 Å². The van der Waals surface area contributed by atoms with Crippen molar-refractivity contribution in [1.29, 1.82) is 0 Å². The van der Waals surface area contributed by atoms with Crippen LogP contribution in [0.5, 0.6) is 0 Å². The molecule has 0 radical (unpaired) electrons. The molecule has 2 aromatic carbocycles. The Morgan fingerprint density at radius 1 is 0.739 bits per heavy atom. The van der Waals surface area contributed by atoms with E-state index in [1.165, 1.54) is 22.3 Å². The highest BCUT2D eigenvalue weighted by Crippen LogP contribution is 2.39. The van der Waals surface area contributed by atoms with Crippen LogP contribution in [0.4, 0.5) is 0 Å². The summed E-state index contributed by atoms with van der Waals surface area (Å²) in [6.45, 7) is 8.35. The minimum absolute atomic E-state index is 0.00799. The standard InChI is InChI=1S/C21H25NO/c1-13-9-5-7-11-17(13)19-15(3)21(23)16(4)20(22-19)18-12-8-6-10-14(18)2/h5-12,15-16,19-20,22H,1-4H3/t15-,16+,19+,20-. The molecule has 2 heteroatoms. The summed E-state index contributed by atoms with van der Waals surface area (Å²) < 4.78 is 0. The van der Waals surface area contributed by atoms with Crippen molar-refractivity contribution in [2.75, 3.05) is 0 Å². The van der Waals surface area contributed by atoms with E-state index in [9.17, 15) is 4.79 Å². The van der Waals surface area contributed by atoms with E-state index >= 15 is 0 Å². The zero-order valence-electron chi connectivity index (χ0n) is 14.3. The van der Waals surface area contributed by atoms with Crippen LogP contribution in [0.3, 0.4) is 0 Å². The van der Waals surface area contributed by atoms with Crippen molar-refractivity contribution in [2.24, 2.45) is 11.8 Å². The van der Waals surface area contributed by atoms with E-state index in [0.717, 1.165) is 0 Å². The van der Waals surface area contributed by atoms with Crippen LogP contribution in [0.2, 0.25) is 0 Å². The summed E-state index contributed by atoms with van der Waals surface area (Å²) in [4.78, 5) is 12.9. The Morgan fingerprint density at radius 3 is 1.52 bits per heavy atom. The SMILES string of the molecule is Cc1ccccc1[C@H]1N[C@@H](c2ccccc2C)[C@H](C)C(=O)[C@@H]1C. The minimum atomic E-state index is -0.00799. The molecule has 0 unspecified atom stereocenters. The average molecular weight is 307 g/mol. The highest BCUT2D eigenvalue weighted by Gasteiger charge is 2.40. The van der Waals surface area contributed by atoms with Gasteiger partial charge in [0.05, 0.1) is 0 Å². The Morgan fingerprint density at radius 2 is 1.13 bits per heavy atom. The number of carbonyl (C=O) groups is 1. The van der Waals surface area contributed by atoms with Crippen molar-refractivity contribution in [3.05, 3.63) is 70.8 Å². The molecule has 2 nitrogen and oxygen atoms in total. The van der Waals surface area contributed by atoms with Crippen LogP contribution in [0, 0.1) is 25.7 Å². The molecule has 0 saturated carbocycles. The summed E-state index contributed by atoms with van der Waals surface area (Å²) in [7, 11) is 0. The van der Waals surface area contributed by atoms with Gasteiger partial charge in [0.2, 0.25) is 0 Å². The van der Waals surface area contributed by atoms with E-state index in [1.807, 2.05) is 0 Å². The van der Waals surface area contributed by atoms with Crippen LogP contribution in [0.25, 0.3) is 0 Å². The number of benzene rings is 2. The van der Waals surface area contributed by atoms with Gasteiger partial charge < -0.3 is 5.32 Å². The smallest absolute Gasteiger partial charge is 0.142 e. The van der Waals surface area contributed by atoms with Crippen molar-refractivity contribution in [3.63, 3.8) is 0 Å². The third kappa shape index (κ3) is 2.84. The van der Waals surface area contributed by atoms with Gasteiger partial charge in [-0.15, -0.1) is 0 Å². The van der Waals surface area contributed by atoms with Gasteiger partial charge in [0.1, 0.15) is 5.78 Å². The summed E-state index contributed by atoms with van der Waals surface area (Å²) in [5, 5.41) is 3.78. The number of nitrogens with one attached hydrogen (secondary N) is 1.